The van der Waals surface area contributed by atoms with Gasteiger partial charge >= 0.3 is 0 Å². The van der Waals surface area contributed by atoms with Gasteiger partial charge in [0.25, 0.3) is 0 Å². The molecule has 0 aliphatic carbocycles. The lowest BCUT2D eigenvalue weighted by Gasteiger charge is -2.01. The molecule has 2 aromatic rings. The quantitative estimate of drug-likeness (QED) is 0.702. The highest BCUT2D eigenvalue weighted by Gasteiger charge is 2.04. The van der Waals surface area contributed by atoms with Crippen molar-refractivity contribution in [2.24, 2.45) is 5.73 Å². The molecule has 0 spiro atoms. The average Bonchev–Trinajstić information content (AvgIpc) is 2.68. The Morgan fingerprint density at radius 2 is 2.28 bits per heavy atom. The van der Waals surface area contributed by atoms with E-state index >= 15 is 0 Å². The molecule has 2 amide bonds. The largest absolute Gasteiger partial charge is 0.366 e. The molecule has 0 saturated carbocycles. The minimum Gasteiger partial charge on any atom is -0.366 e. The summed E-state index contributed by atoms with van der Waals surface area (Å²) in [7, 11) is 0. The third-order valence-electron chi connectivity index (χ3n) is 2.31. The Kier molecular flexibility index (Phi) is 3.09. The van der Waals surface area contributed by atoms with Crippen LogP contribution < -0.4 is 11.1 Å². The first-order valence-corrected chi connectivity index (χ1v) is 5.28. The van der Waals surface area contributed by atoms with E-state index < -0.39 is 5.91 Å². The lowest BCUT2D eigenvalue weighted by Crippen LogP contribution is -2.05. The van der Waals surface area contributed by atoms with E-state index in [0.717, 1.165) is 10.9 Å². The summed E-state index contributed by atoms with van der Waals surface area (Å²) in [4.78, 5) is 28.8. The number of anilines is 1. The van der Waals surface area contributed by atoms with Gasteiger partial charge in [-0.1, -0.05) is 0 Å². The molecule has 2 rings (SSSR count). The molecule has 0 aromatic carbocycles. The van der Waals surface area contributed by atoms with Gasteiger partial charge in [0.05, 0.1) is 11.9 Å². The second kappa shape index (κ2) is 4.70. The van der Waals surface area contributed by atoms with Gasteiger partial charge in [-0.25, -0.2) is 4.98 Å². The van der Waals surface area contributed by atoms with Gasteiger partial charge in [0.15, 0.2) is 0 Å². The van der Waals surface area contributed by atoms with E-state index in [1.54, 1.807) is 24.5 Å². The van der Waals surface area contributed by atoms with Gasteiger partial charge in [0.2, 0.25) is 11.8 Å². The van der Waals surface area contributed by atoms with Crippen molar-refractivity contribution in [3.05, 3.63) is 30.1 Å². The topological polar surface area (TPSA) is 101 Å². The second-order valence-corrected chi connectivity index (χ2v) is 3.78. The van der Waals surface area contributed by atoms with Gasteiger partial charge in [0, 0.05) is 30.1 Å². The molecule has 92 valence electrons. The first-order valence-electron chi connectivity index (χ1n) is 5.28. The highest BCUT2D eigenvalue weighted by Crippen LogP contribution is 2.21. The highest BCUT2D eigenvalue weighted by atomic mass is 16.1. The van der Waals surface area contributed by atoms with Crippen LogP contribution in [-0.2, 0) is 9.59 Å². The predicted molar refractivity (Wildman–Crippen MR) is 68.6 cm³/mol. The van der Waals surface area contributed by atoms with Gasteiger partial charge in [-0.2, -0.15) is 0 Å². The molecule has 2 heterocycles. The predicted octanol–water partition coefficient (Wildman–Crippen LogP) is 1.02. The van der Waals surface area contributed by atoms with E-state index in [1.807, 2.05) is 0 Å². The number of pyridine rings is 1. The van der Waals surface area contributed by atoms with Crippen LogP contribution in [-0.4, -0.2) is 21.8 Å². The number of nitrogens with zero attached hydrogens (tertiary/aromatic N) is 1. The number of nitrogens with two attached hydrogens (primary N) is 1. The Balaban J connectivity index is 2.43. The average molecular weight is 244 g/mol. The van der Waals surface area contributed by atoms with Crippen molar-refractivity contribution >= 4 is 34.6 Å². The Bertz CT molecular complexity index is 643. The summed E-state index contributed by atoms with van der Waals surface area (Å²) >= 11 is 0. The number of aromatic amines is 1. The molecule has 0 aliphatic heterocycles. The van der Waals surface area contributed by atoms with Gasteiger partial charge < -0.3 is 16.0 Å². The fraction of sp³-hybridized carbons (Fsp3) is 0.0833. The van der Waals surface area contributed by atoms with Crippen molar-refractivity contribution < 1.29 is 9.59 Å². The summed E-state index contributed by atoms with van der Waals surface area (Å²) < 4.78 is 0. The van der Waals surface area contributed by atoms with Crippen LogP contribution in [0.4, 0.5) is 5.69 Å². The van der Waals surface area contributed by atoms with E-state index in [4.69, 9.17) is 5.73 Å². The molecular weight excluding hydrogens is 232 g/mol. The minimum atomic E-state index is -0.518. The number of primary amides is 1. The molecule has 0 radical (unpaired) electrons. The number of carbonyl (C=O) groups excluding carboxylic acids is 2. The van der Waals surface area contributed by atoms with E-state index in [1.165, 1.54) is 13.0 Å². The number of rotatable bonds is 3. The van der Waals surface area contributed by atoms with Gasteiger partial charge in [0.1, 0.15) is 5.65 Å². The summed E-state index contributed by atoms with van der Waals surface area (Å²) in [5, 5.41) is 3.45. The van der Waals surface area contributed by atoms with Crippen LogP contribution in [0, 0.1) is 0 Å². The number of amides is 2. The third-order valence-corrected chi connectivity index (χ3v) is 2.31. The molecule has 6 heteroatoms. The smallest absolute Gasteiger partial charge is 0.241 e. The lowest BCUT2D eigenvalue weighted by atomic mass is 10.2. The molecule has 0 unspecified atom stereocenters. The number of fused-ring (bicyclic) bond motifs is 1. The SMILES string of the molecule is CC(=O)Nc1cnc2[nH]cc(/C=C/C(N)=O)c2c1. The highest BCUT2D eigenvalue weighted by molar-refractivity contribution is 5.96. The lowest BCUT2D eigenvalue weighted by molar-refractivity contribution is -0.114. The van der Waals surface area contributed by atoms with E-state index in [0.29, 0.717) is 11.3 Å². The third kappa shape index (κ3) is 2.54. The number of carbonyl (C=O) groups is 2. The van der Waals surface area contributed by atoms with Crippen LogP contribution in [0.5, 0.6) is 0 Å². The molecule has 0 bridgehead atoms. The van der Waals surface area contributed by atoms with Crippen LogP contribution in [0.3, 0.4) is 0 Å². The molecule has 6 nitrogen and oxygen atoms in total. The van der Waals surface area contributed by atoms with Crippen LogP contribution in [0.15, 0.2) is 24.5 Å². The summed E-state index contributed by atoms with van der Waals surface area (Å²) in [6.45, 7) is 1.43. The number of aromatic nitrogens is 2. The maximum absolute atomic E-state index is 11.0. The van der Waals surface area contributed by atoms with Crippen LogP contribution in [0.25, 0.3) is 17.1 Å². The van der Waals surface area contributed by atoms with Gasteiger partial charge in [-0.3, -0.25) is 9.59 Å². The zero-order valence-electron chi connectivity index (χ0n) is 9.73. The molecule has 0 atom stereocenters. The Morgan fingerprint density at radius 3 is 2.94 bits per heavy atom. The van der Waals surface area contributed by atoms with Crippen LogP contribution in [0.2, 0.25) is 0 Å². The van der Waals surface area contributed by atoms with E-state index in [-0.39, 0.29) is 5.91 Å². The molecule has 18 heavy (non-hydrogen) atoms. The molecule has 0 fully saturated rings. The first-order chi connectivity index (χ1) is 8.56. The molecule has 0 aliphatic rings. The molecular formula is C12H12N4O2. The summed E-state index contributed by atoms with van der Waals surface area (Å²) in [5.74, 6) is -0.684. The van der Waals surface area contributed by atoms with Crippen molar-refractivity contribution in [3.8, 4) is 0 Å². The Labute approximate surface area is 103 Å². The van der Waals surface area contributed by atoms with Crippen molar-refractivity contribution in [2.75, 3.05) is 5.32 Å². The maximum atomic E-state index is 11.0. The first kappa shape index (κ1) is 11.8. The van der Waals surface area contributed by atoms with Gasteiger partial charge in [-0.05, 0) is 12.1 Å². The monoisotopic (exact) mass is 244 g/mol. The maximum Gasteiger partial charge on any atom is 0.241 e. The molecule has 2 aromatic heterocycles. The zero-order chi connectivity index (χ0) is 13.1. The van der Waals surface area contributed by atoms with E-state index in [9.17, 15) is 9.59 Å². The Hall–Kier alpha value is -2.63. The van der Waals surface area contributed by atoms with Gasteiger partial charge in [-0.15, -0.1) is 0 Å². The number of hydrogen-bond acceptors (Lipinski definition) is 3. The molecule has 4 N–H and O–H groups in total. The van der Waals surface area contributed by atoms with E-state index in [2.05, 4.69) is 15.3 Å². The number of H-pyrrole nitrogens is 1. The summed E-state index contributed by atoms with van der Waals surface area (Å²) in [6, 6.07) is 1.78. The van der Waals surface area contributed by atoms with Crippen LogP contribution >= 0.6 is 0 Å². The Morgan fingerprint density at radius 1 is 1.50 bits per heavy atom. The zero-order valence-corrected chi connectivity index (χ0v) is 9.73. The summed E-state index contributed by atoms with van der Waals surface area (Å²) in [6.07, 6.45) is 6.14. The second-order valence-electron chi connectivity index (χ2n) is 3.78. The van der Waals surface area contributed by atoms with Crippen molar-refractivity contribution in [3.63, 3.8) is 0 Å². The van der Waals surface area contributed by atoms with Crippen molar-refractivity contribution in [2.45, 2.75) is 6.92 Å². The fourth-order valence-corrected chi connectivity index (χ4v) is 1.61. The standard InChI is InChI=1S/C12H12N4O2/c1-7(17)16-9-4-10-8(2-3-11(13)18)5-14-12(10)15-6-9/h2-6H,1H3,(H2,13,18)(H,14,15)(H,16,17)/b3-2+. The summed E-state index contributed by atoms with van der Waals surface area (Å²) in [5.41, 5.74) is 7.10. The van der Waals surface area contributed by atoms with Crippen molar-refractivity contribution in [1.82, 2.24) is 9.97 Å². The minimum absolute atomic E-state index is 0.166. The fourth-order valence-electron chi connectivity index (χ4n) is 1.61. The number of nitrogens with one attached hydrogen (secondary N) is 2. The number of hydrogen-bond donors (Lipinski definition) is 3. The van der Waals surface area contributed by atoms with Crippen LogP contribution in [0.1, 0.15) is 12.5 Å². The normalized spacial score (nSPS) is 10.9. The van der Waals surface area contributed by atoms with Crippen molar-refractivity contribution in [1.29, 1.82) is 0 Å². The molecule has 0 saturated heterocycles.